The molecule has 0 spiro atoms. The van der Waals surface area contributed by atoms with E-state index in [1.54, 1.807) is 0 Å². The zero-order valence-corrected chi connectivity index (χ0v) is 13.7. The lowest BCUT2D eigenvalue weighted by Crippen LogP contribution is -2.46. The highest BCUT2D eigenvalue weighted by Crippen LogP contribution is 2.28. The first kappa shape index (κ1) is 16.1. The summed E-state index contributed by atoms with van der Waals surface area (Å²) in [5.41, 5.74) is -0.130. The number of nitro groups is 1. The number of hydrogen-bond acceptors (Lipinski definition) is 7. The first-order valence-electron chi connectivity index (χ1n) is 7.15. The molecule has 1 aromatic heterocycles. The van der Waals surface area contributed by atoms with Crippen LogP contribution in [0.25, 0.3) is 0 Å². The van der Waals surface area contributed by atoms with Gasteiger partial charge in [0.2, 0.25) is 0 Å². The highest BCUT2D eigenvalue weighted by atomic mass is 32.1. The van der Waals surface area contributed by atoms with Crippen LogP contribution in [0.3, 0.4) is 0 Å². The number of likely N-dealkylation sites (N-methyl/N-ethyl adjacent to an activating group) is 1. The predicted molar refractivity (Wildman–Crippen MR) is 85.0 cm³/mol. The third kappa shape index (κ3) is 4.90. The Hall–Kier alpha value is -1.25. The van der Waals surface area contributed by atoms with Crippen molar-refractivity contribution in [3.05, 3.63) is 16.3 Å². The number of aromatic nitrogens is 1. The number of nitrogens with one attached hydrogen (secondary N) is 1. The molecular formula is C13H23N5O2S. The van der Waals surface area contributed by atoms with Gasteiger partial charge in [0.1, 0.15) is 6.20 Å². The minimum atomic E-state index is -0.403. The van der Waals surface area contributed by atoms with Crippen molar-refractivity contribution >= 4 is 21.5 Å². The number of anilines is 1. The molecule has 0 atom stereocenters. The number of thiazole rings is 1. The number of hydrogen-bond donors (Lipinski definition) is 1. The van der Waals surface area contributed by atoms with E-state index in [4.69, 9.17) is 0 Å². The lowest BCUT2D eigenvalue weighted by molar-refractivity contribution is -0.380. The Morgan fingerprint density at radius 1 is 1.43 bits per heavy atom. The van der Waals surface area contributed by atoms with E-state index in [1.807, 2.05) is 0 Å². The molecule has 1 aromatic rings. The van der Waals surface area contributed by atoms with Crippen LogP contribution in [0.15, 0.2) is 6.20 Å². The summed E-state index contributed by atoms with van der Waals surface area (Å²) in [6.07, 6.45) is 2.29. The average Bonchev–Trinajstić information content (AvgIpc) is 2.86. The fourth-order valence-corrected chi connectivity index (χ4v) is 3.08. The minimum Gasteiger partial charge on any atom is -0.356 e. The number of piperazine rings is 1. The quantitative estimate of drug-likeness (QED) is 0.638. The molecule has 0 saturated carbocycles. The smallest absolute Gasteiger partial charge is 0.345 e. The molecule has 8 heteroatoms. The monoisotopic (exact) mass is 313 g/mol. The molecule has 21 heavy (non-hydrogen) atoms. The molecule has 0 aromatic carbocycles. The van der Waals surface area contributed by atoms with Crippen LogP contribution in [-0.4, -0.2) is 65.0 Å². The molecule has 118 valence electrons. The molecule has 7 nitrogen and oxygen atoms in total. The molecule has 1 aliphatic heterocycles. The van der Waals surface area contributed by atoms with Crippen LogP contribution in [0, 0.1) is 10.1 Å². The minimum absolute atomic E-state index is 0.0763. The Morgan fingerprint density at radius 3 is 2.67 bits per heavy atom. The summed E-state index contributed by atoms with van der Waals surface area (Å²) in [5, 5.41) is 14.7. The molecule has 1 N–H and O–H groups in total. The molecule has 1 fully saturated rings. The van der Waals surface area contributed by atoms with Gasteiger partial charge in [-0.15, -0.1) is 0 Å². The second kappa shape index (κ2) is 6.67. The van der Waals surface area contributed by atoms with E-state index in [9.17, 15) is 10.1 Å². The van der Waals surface area contributed by atoms with E-state index in [0.717, 1.165) is 50.5 Å². The van der Waals surface area contributed by atoms with E-state index in [1.165, 1.54) is 6.20 Å². The molecule has 0 unspecified atom stereocenters. The normalized spacial score (nSPS) is 17.9. The van der Waals surface area contributed by atoms with E-state index >= 15 is 0 Å². The van der Waals surface area contributed by atoms with Gasteiger partial charge in [0.05, 0.1) is 4.92 Å². The lowest BCUT2D eigenvalue weighted by atomic mass is 10.0. The van der Waals surface area contributed by atoms with Crippen LogP contribution in [0.5, 0.6) is 0 Å². The van der Waals surface area contributed by atoms with E-state index < -0.39 is 4.92 Å². The first-order chi connectivity index (χ1) is 9.85. The Balaban J connectivity index is 1.82. The van der Waals surface area contributed by atoms with Gasteiger partial charge in [-0.05, 0) is 38.7 Å². The summed E-state index contributed by atoms with van der Waals surface area (Å²) >= 11 is 1.09. The van der Waals surface area contributed by atoms with Crippen molar-refractivity contribution in [3.8, 4) is 0 Å². The molecule has 0 bridgehead atoms. The van der Waals surface area contributed by atoms with Gasteiger partial charge in [-0.2, -0.15) is 0 Å². The largest absolute Gasteiger partial charge is 0.356 e. The molecule has 2 rings (SSSR count). The first-order valence-corrected chi connectivity index (χ1v) is 7.97. The van der Waals surface area contributed by atoms with Crippen molar-refractivity contribution in [3.63, 3.8) is 0 Å². The third-order valence-electron chi connectivity index (χ3n) is 3.77. The Labute approximate surface area is 129 Å². The fourth-order valence-electron chi connectivity index (χ4n) is 2.27. The van der Waals surface area contributed by atoms with Crippen LogP contribution in [0.2, 0.25) is 0 Å². The number of rotatable bonds is 6. The molecular weight excluding hydrogens is 290 g/mol. The van der Waals surface area contributed by atoms with Crippen molar-refractivity contribution < 1.29 is 4.92 Å². The summed E-state index contributed by atoms with van der Waals surface area (Å²) in [4.78, 5) is 19.2. The Bertz CT molecular complexity index is 483. The Morgan fingerprint density at radius 2 is 2.10 bits per heavy atom. The van der Waals surface area contributed by atoms with Crippen molar-refractivity contribution in [2.75, 3.05) is 45.1 Å². The van der Waals surface area contributed by atoms with E-state index in [0.29, 0.717) is 5.13 Å². The topological polar surface area (TPSA) is 74.5 Å². The van der Waals surface area contributed by atoms with Gasteiger partial charge in [-0.3, -0.25) is 10.1 Å². The second-order valence-corrected chi connectivity index (χ2v) is 7.17. The zero-order chi connectivity index (χ0) is 15.5. The van der Waals surface area contributed by atoms with Gasteiger partial charge in [0, 0.05) is 38.3 Å². The highest BCUT2D eigenvalue weighted by Gasteiger charge is 2.23. The summed E-state index contributed by atoms with van der Waals surface area (Å²) in [6.45, 7) is 9.69. The van der Waals surface area contributed by atoms with Gasteiger partial charge >= 0.3 is 5.00 Å². The Kier molecular flexibility index (Phi) is 5.13. The second-order valence-electron chi connectivity index (χ2n) is 6.16. The van der Waals surface area contributed by atoms with Gasteiger partial charge < -0.3 is 15.1 Å². The molecule has 2 heterocycles. The zero-order valence-electron chi connectivity index (χ0n) is 12.8. The van der Waals surface area contributed by atoms with Gasteiger partial charge in [-0.25, -0.2) is 4.98 Å². The van der Waals surface area contributed by atoms with Crippen LogP contribution in [-0.2, 0) is 0 Å². The van der Waals surface area contributed by atoms with Gasteiger partial charge in [0.25, 0.3) is 0 Å². The van der Waals surface area contributed by atoms with E-state index in [2.05, 4.69) is 41.0 Å². The van der Waals surface area contributed by atoms with Crippen molar-refractivity contribution in [1.82, 2.24) is 14.8 Å². The molecule has 0 aliphatic carbocycles. The maximum atomic E-state index is 10.7. The van der Waals surface area contributed by atoms with Gasteiger partial charge in [0.15, 0.2) is 5.13 Å². The van der Waals surface area contributed by atoms with Crippen molar-refractivity contribution in [2.24, 2.45) is 0 Å². The van der Waals surface area contributed by atoms with Crippen LogP contribution >= 0.6 is 11.3 Å². The molecule has 1 aliphatic rings. The average molecular weight is 313 g/mol. The van der Waals surface area contributed by atoms with Crippen molar-refractivity contribution in [2.45, 2.75) is 25.8 Å². The van der Waals surface area contributed by atoms with Crippen LogP contribution in [0.1, 0.15) is 20.3 Å². The fraction of sp³-hybridized carbons (Fsp3) is 0.769. The summed E-state index contributed by atoms with van der Waals surface area (Å²) in [6, 6.07) is 0. The molecule has 1 saturated heterocycles. The number of nitrogens with zero attached hydrogens (tertiary/aromatic N) is 4. The lowest BCUT2D eigenvalue weighted by Gasteiger charge is -2.35. The van der Waals surface area contributed by atoms with E-state index in [-0.39, 0.29) is 10.5 Å². The summed E-state index contributed by atoms with van der Waals surface area (Å²) < 4.78 is 0. The maximum Gasteiger partial charge on any atom is 0.345 e. The summed E-state index contributed by atoms with van der Waals surface area (Å²) in [7, 11) is 2.15. The van der Waals surface area contributed by atoms with Crippen LogP contribution in [0.4, 0.5) is 10.1 Å². The highest BCUT2D eigenvalue weighted by molar-refractivity contribution is 7.18. The predicted octanol–water partition coefficient (Wildman–Crippen LogP) is 1.88. The molecule has 0 amide bonds. The standard InChI is InChI=1S/C13H23N5O2S/c1-13(2,4-5-17-8-6-16(3)7-9-17)15-12-14-10-11(21-12)18(19)20/h10H,4-9H2,1-3H3,(H,14,15). The molecule has 0 radical (unpaired) electrons. The maximum absolute atomic E-state index is 10.7. The van der Waals surface area contributed by atoms with Crippen molar-refractivity contribution in [1.29, 1.82) is 0 Å². The van der Waals surface area contributed by atoms with Gasteiger partial charge in [-0.1, -0.05) is 0 Å². The van der Waals surface area contributed by atoms with Crippen LogP contribution < -0.4 is 5.32 Å². The summed E-state index contributed by atoms with van der Waals surface area (Å²) in [5.74, 6) is 0. The SMILES string of the molecule is CN1CCN(CCC(C)(C)Nc2ncc([N+](=O)[O-])s2)CC1. The third-order valence-corrected chi connectivity index (χ3v) is 4.63.